The van der Waals surface area contributed by atoms with Gasteiger partial charge in [0.1, 0.15) is 0 Å². The van der Waals surface area contributed by atoms with Gasteiger partial charge in [-0.25, -0.2) is 0 Å². The van der Waals surface area contributed by atoms with Crippen LogP contribution in [0.5, 0.6) is 0 Å². The fraction of sp³-hybridized carbons (Fsp3) is 0.615. The van der Waals surface area contributed by atoms with Gasteiger partial charge in [0.15, 0.2) is 0 Å². The molecule has 1 rings (SSSR count). The lowest BCUT2D eigenvalue weighted by Gasteiger charge is -2.31. The number of aryl methyl sites for hydroxylation is 1. The molecule has 1 heterocycles. The predicted molar refractivity (Wildman–Crippen MR) is 69.1 cm³/mol. The van der Waals surface area contributed by atoms with Gasteiger partial charge < -0.3 is 15.1 Å². The fourth-order valence-corrected chi connectivity index (χ4v) is 1.82. The van der Waals surface area contributed by atoms with Crippen LogP contribution in [-0.4, -0.2) is 33.9 Å². The van der Waals surface area contributed by atoms with Crippen molar-refractivity contribution in [3.05, 3.63) is 23.5 Å². The predicted octanol–water partition coefficient (Wildman–Crippen LogP) is 1.48. The first kappa shape index (κ1) is 13.9. The van der Waals surface area contributed by atoms with E-state index in [0.29, 0.717) is 6.54 Å². The summed E-state index contributed by atoms with van der Waals surface area (Å²) in [4.78, 5) is 6.23. The number of nitrogens with zero attached hydrogens (tertiary/aromatic N) is 2. The Bertz CT molecular complexity index is 372. The lowest BCUT2D eigenvalue weighted by atomic mass is 10.1. The molecule has 0 spiro atoms. The van der Waals surface area contributed by atoms with Gasteiger partial charge in [-0.2, -0.15) is 0 Å². The summed E-state index contributed by atoms with van der Waals surface area (Å²) in [5.74, 6) is 0. The van der Waals surface area contributed by atoms with E-state index in [0.717, 1.165) is 23.5 Å². The molecule has 4 heteroatoms. The van der Waals surface area contributed by atoms with Gasteiger partial charge >= 0.3 is 0 Å². The molecule has 1 aromatic heterocycles. The summed E-state index contributed by atoms with van der Waals surface area (Å²) in [6.45, 7) is 8.78. The lowest BCUT2D eigenvalue weighted by molar-refractivity contribution is 0.0875. The van der Waals surface area contributed by atoms with E-state index in [1.165, 1.54) is 0 Å². The van der Waals surface area contributed by atoms with E-state index in [1.54, 1.807) is 20.0 Å². The van der Waals surface area contributed by atoms with Crippen LogP contribution in [0.25, 0.3) is 0 Å². The van der Waals surface area contributed by atoms with Crippen LogP contribution >= 0.6 is 0 Å². The monoisotopic (exact) mass is 238 g/mol. The second kappa shape index (κ2) is 5.47. The van der Waals surface area contributed by atoms with E-state index in [-0.39, 0.29) is 6.61 Å². The number of rotatable bonds is 5. The first-order chi connectivity index (χ1) is 7.87. The Morgan fingerprint density at radius 1 is 1.41 bits per heavy atom. The fourth-order valence-electron chi connectivity index (χ4n) is 1.82. The Balaban J connectivity index is 3.06. The molecule has 0 amide bonds. The maximum atomic E-state index is 9.89. The normalized spacial score (nSPS) is 11.6. The van der Waals surface area contributed by atoms with Crippen molar-refractivity contribution >= 4 is 5.69 Å². The van der Waals surface area contributed by atoms with Gasteiger partial charge in [0.2, 0.25) is 0 Å². The van der Waals surface area contributed by atoms with Crippen LogP contribution in [0.2, 0.25) is 0 Å². The Hall–Kier alpha value is -1.13. The molecule has 0 atom stereocenters. The third kappa shape index (κ3) is 3.98. The summed E-state index contributed by atoms with van der Waals surface area (Å²) >= 11 is 0. The van der Waals surface area contributed by atoms with Crippen molar-refractivity contribution in [2.75, 3.05) is 18.0 Å². The third-order valence-electron chi connectivity index (χ3n) is 2.57. The Morgan fingerprint density at radius 2 is 2.06 bits per heavy atom. The van der Waals surface area contributed by atoms with Gasteiger partial charge in [-0.05, 0) is 33.8 Å². The average molecular weight is 238 g/mol. The number of aliphatic hydroxyl groups excluding tert-OH is 1. The largest absolute Gasteiger partial charge is 0.392 e. The van der Waals surface area contributed by atoms with Gasteiger partial charge in [-0.1, -0.05) is 0 Å². The van der Waals surface area contributed by atoms with Gasteiger partial charge in [-0.15, -0.1) is 0 Å². The summed E-state index contributed by atoms with van der Waals surface area (Å²) in [5.41, 5.74) is 1.89. The van der Waals surface area contributed by atoms with Crippen LogP contribution in [0.15, 0.2) is 12.3 Å². The van der Waals surface area contributed by atoms with E-state index in [9.17, 15) is 10.2 Å². The molecule has 0 aliphatic rings. The number of anilines is 1. The summed E-state index contributed by atoms with van der Waals surface area (Å²) in [6.07, 6.45) is 1.69. The molecule has 0 aromatic carbocycles. The maximum Gasteiger partial charge on any atom is 0.0765 e. The smallest absolute Gasteiger partial charge is 0.0765 e. The van der Waals surface area contributed by atoms with E-state index < -0.39 is 5.60 Å². The Kier molecular flexibility index (Phi) is 4.48. The van der Waals surface area contributed by atoms with Crippen molar-refractivity contribution in [2.45, 2.75) is 39.9 Å². The second-order valence-corrected chi connectivity index (χ2v) is 4.94. The number of hydrogen-bond donors (Lipinski definition) is 2. The third-order valence-corrected chi connectivity index (χ3v) is 2.57. The molecule has 0 saturated carbocycles. The minimum Gasteiger partial charge on any atom is -0.392 e. The van der Waals surface area contributed by atoms with Crippen molar-refractivity contribution in [3.8, 4) is 0 Å². The number of aliphatic hydroxyl groups is 2. The Labute approximate surface area is 103 Å². The summed E-state index contributed by atoms with van der Waals surface area (Å²) in [7, 11) is 0. The first-order valence-electron chi connectivity index (χ1n) is 5.91. The molecule has 0 radical (unpaired) electrons. The molecule has 0 bridgehead atoms. The summed E-state index contributed by atoms with van der Waals surface area (Å²) in [5, 5.41) is 19.2. The molecule has 96 valence electrons. The topological polar surface area (TPSA) is 56.6 Å². The van der Waals surface area contributed by atoms with Gasteiger partial charge in [0.25, 0.3) is 0 Å². The summed E-state index contributed by atoms with van der Waals surface area (Å²) < 4.78 is 0. The molecule has 0 aliphatic heterocycles. The van der Waals surface area contributed by atoms with E-state index in [2.05, 4.69) is 9.88 Å². The standard InChI is InChI=1S/C13H22N2O2/c1-5-15(9-13(3,4)17)12-6-10(2)14-7-11(12)8-16/h6-7,16-17H,5,8-9H2,1-4H3. The van der Waals surface area contributed by atoms with Crippen LogP contribution in [0.1, 0.15) is 32.0 Å². The highest BCUT2D eigenvalue weighted by Gasteiger charge is 2.19. The highest BCUT2D eigenvalue weighted by atomic mass is 16.3. The SMILES string of the molecule is CCN(CC(C)(C)O)c1cc(C)ncc1CO. The molecule has 0 unspecified atom stereocenters. The van der Waals surface area contributed by atoms with Crippen LogP contribution < -0.4 is 4.90 Å². The van der Waals surface area contributed by atoms with Gasteiger partial charge in [0, 0.05) is 36.2 Å². The zero-order valence-electron chi connectivity index (χ0n) is 11.1. The van der Waals surface area contributed by atoms with Crippen molar-refractivity contribution in [2.24, 2.45) is 0 Å². The molecule has 17 heavy (non-hydrogen) atoms. The Morgan fingerprint density at radius 3 is 2.53 bits per heavy atom. The van der Waals surface area contributed by atoms with Crippen molar-refractivity contribution in [1.82, 2.24) is 4.98 Å². The van der Waals surface area contributed by atoms with Crippen molar-refractivity contribution in [3.63, 3.8) is 0 Å². The van der Waals surface area contributed by atoms with Crippen LogP contribution in [0.3, 0.4) is 0 Å². The van der Waals surface area contributed by atoms with E-state index in [4.69, 9.17) is 0 Å². The molecular formula is C13H22N2O2. The molecule has 2 N–H and O–H groups in total. The number of hydrogen-bond acceptors (Lipinski definition) is 4. The van der Waals surface area contributed by atoms with Gasteiger partial charge in [-0.3, -0.25) is 4.98 Å². The molecule has 0 fully saturated rings. The van der Waals surface area contributed by atoms with Gasteiger partial charge in [0.05, 0.1) is 12.2 Å². The summed E-state index contributed by atoms with van der Waals surface area (Å²) in [6, 6.07) is 1.95. The molecule has 4 nitrogen and oxygen atoms in total. The van der Waals surface area contributed by atoms with E-state index in [1.807, 2.05) is 19.9 Å². The molecular weight excluding hydrogens is 216 g/mol. The zero-order valence-corrected chi connectivity index (χ0v) is 11.1. The zero-order chi connectivity index (χ0) is 13.1. The lowest BCUT2D eigenvalue weighted by Crippen LogP contribution is -2.39. The average Bonchev–Trinajstić information content (AvgIpc) is 2.24. The first-order valence-corrected chi connectivity index (χ1v) is 5.91. The second-order valence-electron chi connectivity index (χ2n) is 4.94. The number of pyridine rings is 1. The van der Waals surface area contributed by atoms with Crippen LogP contribution in [-0.2, 0) is 6.61 Å². The quantitative estimate of drug-likeness (QED) is 0.816. The molecule has 0 saturated heterocycles. The van der Waals surface area contributed by atoms with Crippen LogP contribution in [0.4, 0.5) is 5.69 Å². The van der Waals surface area contributed by atoms with Crippen molar-refractivity contribution in [1.29, 1.82) is 0 Å². The highest BCUT2D eigenvalue weighted by molar-refractivity contribution is 5.53. The van der Waals surface area contributed by atoms with Crippen LogP contribution in [0, 0.1) is 6.92 Å². The van der Waals surface area contributed by atoms with E-state index >= 15 is 0 Å². The van der Waals surface area contributed by atoms with Crippen molar-refractivity contribution < 1.29 is 10.2 Å². The maximum absolute atomic E-state index is 9.89. The molecule has 0 aliphatic carbocycles. The minimum absolute atomic E-state index is 0.0367. The molecule has 1 aromatic rings. The highest BCUT2D eigenvalue weighted by Crippen LogP contribution is 2.22. The number of likely N-dealkylation sites (N-methyl/N-ethyl adjacent to an activating group) is 1. The minimum atomic E-state index is -0.764. The number of aromatic nitrogens is 1.